The van der Waals surface area contributed by atoms with Gasteiger partial charge >= 0.3 is 0 Å². The number of rotatable bonds is 3. The molecule has 1 heterocycles. The van der Waals surface area contributed by atoms with Gasteiger partial charge < -0.3 is 9.84 Å². The van der Waals surface area contributed by atoms with Crippen molar-refractivity contribution in [3.8, 4) is 0 Å². The van der Waals surface area contributed by atoms with Crippen LogP contribution in [0.15, 0.2) is 18.2 Å². The van der Waals surface area contributed by atoms with E-state index in [4.69, 9.17) is 4.74 Å². The molecule has 1 aromatic rings. The minimum Gasteiger partial charge on any atom is -0.390 e. The van der Waals surface area contributed by atoms with Crippen molar-refractivity contribution in [3.63, 3.8) is 0 Å². The van der Waals surface area contributed by atoms with Gasteiger partial charge in [-0.3, -0.25) is 0 Å². The third-order valence-electron chi connectivity index (χ3n) is 2.84. The van der Waals surface area contributed by atoms with E-state index in [9.17, 15) is 13.9 Å². The summed E-state index contributed by atoms with van der Waals surface area (Å²) in [6, 6.07) is 3.39. The van der Waals surface area contributed by atoms with Crippen LogP contribution in [0, 0.1) is 11.6 Å². The molecule has 1 saturated heterocycles. The second kappa shape index (κ2) is 4.89. The summed E-state index contributed by atoms with van der Waals surface area (Å²) >= 11 is 0. The standard InChI is InChI=1S/C12H14F2O2/c13-9-4-3-8(10(14)7-9)6-11(15)12-2-1-5-16-12/h3-4,7,11-12,15H,1-2,5-6H2. The number of halogens is 2. The van der Waals surface area contributed by atoms with Gasteiger partial charge in [0.05, 0.1) is 12.2 Å². The molecule has 0 saturated carbocycles. The van der Waals surface area contributed by atoms with Crippen molar-refractivity contribution >= 4 is 0 Å². The maximum atomic E-state index is 13.3. The van der Waals surface area contributed by atoms with Crippen molar-refractivity contribution in [3.05, 3.63) is 35.4 Å². The average Bonchev–Trinajstić information content (AvgIpc) is 2.75. The lowest BCUT2D eigenvalue weighted by molar-refractivity contribution is -0.00114. The summed E-state index contributed by atoms with van der Waals surface area (Å²) < 4.78 is 31.3. The Morgan fingerprint density at radius 3 is 2.88 bits per heavy atom. The highest BCUT2D eigenvalue weighted by atomic mass is 19.1. The molecule has 16 heavy (non-hydrogen) atoms. The normalized spacial score (nSPS) is 22.3. The fourth-order valence-electron chi connectivity index (χ4n) is 1.95. The summed E-state index contributed by atoms with van der Waals surface area (Å²) in [6.07, 6.45) is 0.945. The van der Waals surface area contributed by atoms with Crippen LogP contribution in [-0.2, 0) is 11.2 Å². The molecule has 0 radical (unpaired) electrons. The van der Waals surface area contributed by atoms with E-state index in [-0.39, 0.29) is 12.5 Å². The van der Waals surface area contributed by atoms with Crippen LogP contribution in [0.25, 0.3) is 0 Å². The van der Waals surface area contributed by atoms with E-state index in [1.54, 1.807) is 0 Å². The molecular weight excluding hydrogens is 214 g/mol. The molecule has 0 aliphatic carbocycles. The zero-order chi connectivity index (χ0) is 11.5. The quantitative estimate of drug-likeness (QED) is 0.858. The minimum atomic E-state index is -0.720. The Morgan fingerprint density at radius 1 is 1.44 bits per heavy atom. The Balaban J connectivity index is 2.02. The van der Waals surface area contributed by atoms with Crippen LogP contribution in [-0.4, -0.2) is 23.9 Å². The van der Waals surface area contributed by atoms with Gasteiger partial charge in [0.15, 0.2) is 0 Å². The van der Waals surface area contributed by atoms with Crippen LogP contribution in [0.1, 0.15) is 18.4 Å². The smallest absolute Gasteiger partial charge is 0.129 e. The lowest BCUT2D eigenvalue weighted by Crippen LogP contribution is -2.27. The Morgan fingerprint density at radius 2 is 2.25 bits per heavy atom. The van der Waals surface area contributed by atoms with Crippen molar-refractivity contribution in [1.82, 2.24) is 0 Å². The fraction of sp³-hybridized carbons (Fsp3) is 0.500. The minimum absolute atomic E-state index is 0.163. The molecule has 88 valence electrons. The van der Waals surface area contributed by atoms with Crippen LogP contribution in [0.4, 0.5) is 8.78 Å². The second-order valence-corrected chi connectivity index (χ2v) is 4.06. The van der Waals surface area contributed by atoms with Crippen LogP contribution < -0.4 is 0 Å². The van der Waals surface area contributed by atoms with Gasteiger partial charge in [0.2, 0.25) is 0 Å². The van der Waals surface area contributed by atoms with E-state index in [2.05, 4.69) is 0 Å². The van der Waals surface area contributed by atoms with Crippen LogP contribution in [0.3, 0.4) is 0 Å². The summed E-state index contributed by atoms with van der Waals surface area (Å²) in [7, 11) is 0. The molecule has 1 fully saturated rings. The number of hydrogen-bond acceptors (Lipinski definition) is 2. The van der Waals surface area contributed by atoms with Gasteiger partial charge in [-0.2, -0.15) is 0 Å². The maximum Gasteiger partial charge on any atom is 0.129 e. The number of hydrogen-bond donors (Lipinski definition) is 1. The largest absolute Gasteiger partial charge is 0.390 e. The zero-order valence-corrected chi connectivity index (χ0v) is 8.83. The lowest BCUT2D eigenvalue weighted by Gasteiger charge is -2.17. The van der Waals surface area contributed by atoms with E-state index in [1.807, 2.05) is 0 Å². The molecule has 1 N–H and O–H groups in total. The number of aliphatic hydroxyl groups excluding tert-OH is 1. The molecule has 2 nitrogen and oxygen atoms in total. The van der Waals surface area contributed by atoms with Crippen molar-refractivity contribution in [2.24, 2.45) is 0 Å². The molecule has 2 rings (SSSR count). The van der Waals surface area contributed by atoms with Crippen LogP contribution in [0.5, 0.6) is 0 Å². The maximum absolute atomic E-state index is 13.3. The van der Waals surface area contributed by atoms with Gasteiger partial charge in [0, 0.05) is 19.1 Å². The van der Waals surface area contributed by atoms with E-state index in [0.717, 1.165) is 18.9 Å². The van der Waals surface area contributed by atoms with Gasteiger partial charge in [0.25, 0.3) is 0 Å². The van der Waals surface area contributed by atoms with Crippen molar-refractivity contribution in [2.75, 3.05) is 6.61 Å². The lowest BCUT2D eigenvalue weighted by atomic mass is 10.0. The van der Waals surface area contributed by atoms with E-state index in [1.165, 1.54) is 12.1 Å². The number of benzene rings is 1. The van der Waals surface area contributed by atoms with E-state index in [0.29, 0.717) is 12.2 Å². The predicted molar refractivity (Wildman–Crippen MR) is 55.0 cm³/mol. The Kier molecular flexibility index (Phi) is 3.51. The van der Waals surface area contributed by atoms with Crippen LogP contribution >= 0.6 is 0 Å². The highest BCUT2D eigenvalue weighted by Gasteiger charge is 2.24. The van der Waals surface area contributed by atoms with Gasteiger partial charge in [-0.15, -0.1) is 0 Å². The Hall–Kier alpha value is -1.00. The molecular formula is C12H14F2O2. The average molecular weight is 228 g/mol. The molecule has 1 aromatic carbocycles. The van der Waals surface area contributed by atoms with Gasteiger partial charge in [-0.05, 0) is 24.5 Å². The van der Waals surface area contributed by atoms with Gasteiger partial charge in [-0.1, -0.05) is 6.07 Å². The van der Waals surface area contributed by atoms with E-state index >= 15 is 0 Å². The highest BCUT2D eigenvalue weighted by Crippen LogP contribution is 2.20. The third kappa shape index (κ3) is 2.57. The number of aliphatic hydroxyl groups is 1. The molecule has 2 atom stereocenters. The molecule has 2 unspecified atom stereocenters. The van der Waals surface area contributed by atoms with Crippen molar-refractivity contribution in [1.29, 1.82) is 0 Å². The summed E-state index contributed by atoms with van der Waals surface area (Å²) in [6.45, 7) is 0.646. The predicted octanol–water partition coefficient (Wildman–Crippen LogP) is 2.05. The summed E-state index contributed by atoms with van der Waals surface area (Å²) in [5, 5.41) is 9.81. The molecule has 0 spiro atoms. The Bertz CT molecular complexity index is 362. The third-order valence-corrected chi connectivity index (χ3v) is 2.84. The van der Waals surface area contributed by atoms with Crippen molar-refractivity contribution < 1.29 is 18.6 Å². The highest BCUT2D eigenvalue weighted by molar-refractivity contribution is 5.19. The fourth-order valence-corrected chi connectivity index (χ4v) is 1.95. The zero-order valence-electron chi connectivity index (χ0n) is 8.83. The monoisotopic (exact) mass is 228 g/mol. The molecule has 1 aliphatic rings. The molecule has 1 aliphatic heterocycles. The van der Waals surface area contributed by atoms with Crippen molar-refractivity contribution in [2.45, 2.75) is 31.5 Å². The summed E-state index contributed by atoms with van der Waals surface area (Å²) in [5.41, 5.74) is 0.324. The molecule has 0 bridgehead atoms. The first-order valence-electron chi connectivity index (χ1n) is 5.40. The first-order valence-corrected chi connectivity index (χ1v) is 5.40. The SMILES string of the molecule is OC(Cc1ccc(F)cc1F)C1CCCO1. The molecule has 0 aromatic heterocycles. The first-order chi connectivity index (χ1) is 7.66. The summed E-state index contributed by atoms with van der Waals surface area (Å²) in [5.74, 6) is -1.22. The van der Waals surface area contributed by atoms with Gasteiger partial charge in [0.1, 0.15) is 11.6 Å². The number of ether oxygens (including phenoxy) is 1. The second-order valence-electron chi connectivity index (χ2n) is 4.06. The summed E-state index contributed by atoms with van der Waals surface area (Å²) in [4.78, 5) is 0. The van der Waals surface area contributed by atoms with E-state index < -0.39 is 17.7 Å². The van der Waals surface area contributed by atoms with Gasteiger partial charge in [-0.25, -0.2) is 8.78 Å². The topological polar surface area (TPSA) is 29.5 Å². The molecule has 4 heteroatoms. The van der Waals surface area contributed by atoms with Crippen LogP contribution in [0.2, 0.25) is 0 Å². The Labute approximate surface area is 92.9 Å². The first kappa shape index (κ1) is 11.5. The molecule has 0 amide bonds.